The molecule has 0 fully saturated rings. The Hall–Kier alpha value is -0.0800. The number of rotatable bonds is 6. The van der Waals surface area contributed by atoms with E-state index in [1.54, 1.807) is 0 Å². The van der Waals surface area contributed by atoms with Gasteiger partial charge in [0.25, 0.3) is 0 Å². The van der Waals surface area contributed by atoms with Gasteiger partial charge in [-0.15, -0.1) is 0 Å². The second-order valence-corrected chi connectivity index (χ2v) is 5.15. The molecule has 0 atom stereocenters. The van der Waals surface area contributed by atoms with Gasteiger partial charge >= 0.3 is 0 Å². The molecular formula is C12H28N2. The van der Waals surface area contributed by atoms with E-state index in [0.29, 0.717) is 11.6 Å². The van der Waals surface area contributed by atoms with Crippen molar-refractivity contribution in [2.45, 2.75) is 52.6 Å². The van der Waals surface area contributed by atoms with E-state index in [9.17, 15) is 0 Å². The SMILES string of the molecule is CCN(C)C(C)(C)CCN(C)C(C)C. The van der Waals surface area contributed by atoms with E-state index in [1.165, 1.54) is 13.0 Å². The summed E-state index contributed by atoms with van der Waals surface area (Å²) in [6.07, 6.45) is 1.23. The number of hydrogen-bond donors (Lipinski definition) is 0. The van der Waals surface area contributed by atoms with Gasteiger partial charge in [-0.2, -0.15) is 0 Å². The zero-order valence-corrected chi connectivity index (χ0v) is 11.1. The van der Waals surface area contributed by atoms with Crippen molar-refractivity contribution in [1.82, 2.24) is 9.80 Å². The van der Waals surface area contributed by atoms with Crippen LogP contribution in [0.2, 0.25) is 0 Å². The molecule has 0 aliphatic rings. The molecule has 2 nitrogen and oxygen atoms in total. The Kier molecular flexibility index (Phi) is 5.68. The highest BCUT2D eigenvalue weighted by Crippen LogP contribution is 2.17. The summed E-state index contributed by atoms with van der Waals surface area (Å²) in [5.41, 5.74) is 0.317. The Morgan fingerprint density at radius 3 is 2.00 bits per heavy atom. The van der Waals surface area contributed by atoms with Crippen LogP contribution in [0.1, 0.15) is 41.0 Å². The van der Waals surface area contributed by atoms with Gasteiger partial charge in [-0.1, -0.05) is 6.92 Å². The van der Waals surface area contributed by atoms with Gasteiger partial charge in [-0.25, -0.2) is 0 Å². The first-order chi connectivity index (χ1) is 6.31. The normalized spacial score (nSPS) is 13.3. The Labute approximate surface area is 90.3 Å². The van der Waals surface area contributed by atoms with E-state index in [4.69, 9.17) is 0 Å². The van der Waals surface area contributed by atoms with Gasteiger partial charge in [0.05, 0.1) is 0 Å². The van der Waals surface area contributed by atoms with Gasteiger partial charge in [-0.05, 0) is 61.3 Å². The first-order valence-corrected chi connectivity index (χ1v) is 5.72. The van der Waals surface area contributed by atoms with E-state index in [-0.39, 0.29) is 0 Å². The molecule has 0 saturated carbocycles. The zero-order valence-electron chi connectivity index (χ0n) is 11.1. The molecule has 14 heavy (non-hydrogen) atoms. The third-order valence-corrected chi connectivity index (χ3v) is 3.47. The lowest BCUT2D eigenvalue weighted by Gasteiger charge is -2.36. The van der Waals surface area contributed by atoms with E-state index in [2.05, 4.69) is 58.5 Å². The molecule has 0 aliphatic heterocycles. The second kappa shape index (κ2) is 5.72. The maximum atomic E-state index is 2.42. The zero-order chi connectivity index (χ0) is 11.4. The first-order valence-electron chi connectivity index (χ1n) is 5.72. The lowest BCUT2D eigenvalue weighted by Crippen LogP contribution is -2.43. The van der Waals surface area contributed by atoms with Gasteiger partial charge in [0, 0.05) is 11.6 Å². The molecule has 0 saturated heterocycles. The number of hydrogen-bond acceptors (Lipinski definition) is 2. The van der Waals surface area contributed by atoms with Crippen LogP contribution in [-0.2, 0) is 0 Å². The van der Waals surface area contributed by atoms with Gasteiger partial charge in [0.2, 0.25) is 0 Å². The smallest absolute Gasteiger partial charge is 0.0162 e. The second-order valence-electron chi connectivity index (χ2n) is 5.15. The molecule has 0 radical (unpaired) electrons. The molecule has 0 amide bonds. The topological polar surface area (TPSA) is 6.48 Å². The fourth-order valence-electron chi connectivity index (χ4n) is 1.33. The maximum Gasteiger partial charge on any atom is 0.0162 e. The Morgan fingerprint density at radius 2 is 1.64 bits per heavy atom. The molecule has 0 unspecified atom stereocenters. The lowest BCUT2D eigenvalue weighted by molar-refractivity contribution is 0.129. The van der Waals surface area contributed by atoms with E-state index in [1.807, 2.05) is 0 Å². The summed E-state index contributed by atoms with van der Waals surface area (Å²) in [5.74, 6) is 0. The highest BCUT2D eigenvalue weighted by atomic mass is 15.2. The van der Waals surface area contributed by atoms with Crippen LogP contribution in [0.25, 0.3) is 0 Å². The summed E-state index contributed by atoms with van der Waals surface area (Å²) in [7, 11) is 4.40. The summed E-state index contributed by atoms with van der Waals surface area (Å²) < 4.78 is 0. The third-order valence-electron chi connectivity index (χ3n) is 3.47. The summed E-state index contributed by atoms with van der Waals surface area (Å²) in [6.45, 7) is 13.7. The third kappa shape index (κ3) is 4.43. The highest BCUT2D eigenvalue weighted by Gasteiger charge is 2.22. The van der Waals surface area contributed by atoms with Crippen LogP contribution in [0.3, 0.4) is 0 Å². The van der Waals surface area contributed by atoms with Crippen LogP contribution in [0.15, 0.2) is 0 Å². The predicted molar refractivity (Wildman–Crippen MR) is 64.8 cm³/mol. The minimum atomic E-state index is 0.317. The molecule has 0 heterocycles. The molecule has 0 aliphatic carbocycles. The molecule has 0 aromatic rings. The molecule has 2 heteroatoms. The van der Waals surface area contributed by atoms with Crippen molar-refractivity contribution in [1.29, 1.82) is 0 Å². The Morgan fingerprint density at radius 1 is 1.14 bits per heavy atom. The molecule has 0 N–H and O–H groups in total. The van der Waals surface area contributed by atoms with Crippen molar-refractivity contribution in [3.05, 3.63) is 0 Å². The molecule has 0 bridgehead atoms. The standard InChI is InChI=1S/C12H28N2/c1-8-14(7)12(4,5)9-10-13(6)11(2)3/h11H,8-10H2,1-7H3. The highest BCUT2D eigenvalue weighted by molar-refractivity contribution is 4.79. The average Bonchev–Trinajstić information content (AvgIpc) is 2.12. The van der Waals surface area contributed by atoms with Crippen molar-refractivity contribution >= 4 is 0 Å². The summed E-state index contributed by atoms with van der Waals surface area (Å²) in [6, 6.07) is 0.651. The lowest BCUT2D eigenvalue weighted by atomic mass is 9.98. The van der Waals surface area contributed by atoms with Crippen LogP contribution in [0, 0.1) is 0 Å². The fourth-order valence-corrected chi connectivity index (χ4v) is 1.33. The summed E-state index contributed by atoms with van der Waals surface area (Å²) in [4.78, 5) is 4.83. The average molecular weight is 200 g/mol. The van der Waals surface area contributed by atoms with Gasteiger partial charge in [-0.3, -0.25) is 0 Å². The largest absolute Gasteiger partial charge is 0.304 e. The van der Waals surface area contributed by atoms with Crippen molar-refractivity contribution in [3.8, 4) is 0 Å². The summed E-state index contributed by atoms with van der Waals surface area (Å²) >= 11 is 0. The van der Waals surface area contributed by atoms with Crippen LogP contribution in [0.4, 0.5) is 0 Å². The van der Waals surface area contributed by atoms with Crippen LogP contribution in [-0.4, -0.2) is 48.6 Å². The maximum absolute atomic E-state index is 2.42. The van der Waals surface area contributed by atoms with Crippen molar-refractivity contribution < 1.29 is 0 Å². The molecule has 0 aromatic carbocycles. The van der Waals surface area contributed by atoms with Crippen LogP contribution >= 0.6 is 0 Å². The minimum absolute atomic E-state index is 0.317. The first kappa shape index (κ1) is 13.9. The fraction of sp³-hybridized carbons (Fsp3) is 1.00. The Balaban J connectivity index is 3.98. The van der Waals surface area contributed by atoms with Gasteiger partial charge in [0.1, 0.15) is 0 Å². The van der Waals surface area contributed by atoms with Crippen LogP contribution < -0.4 is 0 Å². The van der Waals surface area contributed by atoms with E-state index in [0.717, 1.165) is 6.54 Å². The minimum Gasteiger partial charge on any atom is -0.304 e. The monoisotopic (exact) mass is 200 g/mol. The molecule has 0 spiro atoms. The molecule has 0 aromatic heterocycles. The van der Waals surface area contributed by atoms with Crippen molar-refractivity contribution in [2.24, 2.45) is 0 Å². The Bertz CT molecular complexity index is 152. The quantitative estimate of drug-likeness (QED) is 0.650. The van der Waals surface area contributed by atoms with E-state index < -0.39 is 0 Å². The van der Waals surface area contributed by atoms with Gasteiger partial charge in [0.15, 0.2) is 0 Å². The van der Waals surface area contributed by atoms with Crippen LogP contribution in [0.5, 0.6) is 0 Å². The van der Waals surface area contributed by atoms with Crippen molar-refractivity contribution in [2.75, 3.05) is 27.2 Å². The molecular weight excluding hydrogens is 172 g/mol. The van der Waals surface area contributed by atoms with Gasteiger partial charge < -0.3 is 9.80 Å². The predicted octanol–water partition coefficient (Wildman–Crippen LogP) is 2.45. The molecule has 86 valence electrons. The number of nitrogens with zero attached hydrogens (tertiary/aromatic N) is 2. The summed E-state index contributed by atoms with van der Waals surface area (Å²) in [5, 5.41) is 0. The molecule has 0 rings (SSSR count). The van der Waals surface area contributed by atoms with E-state index >= 15 is 0 Å². The van der Waals surface area contributed by atoms with Crippen molar-refractivity contribution in [3.63, 3.8) is 0 Å².